The summed E-state index contributed by atoms with van der Waals surface area (Å²) in [5, 5.41) is 6.54. The first kappa shape index (κ1) is 14.4. The Bertz CT molecular complexity index is 429. The Morgan fingerprint density at radius 3 is 2.53 bits per heavy atom. The van der Waals surface area contributed by atoms with Gasteiger partial charge in [0, 0.05) is 6.04 Å². The minimum absolute atomic E-state index is 0. The maximum Gasteiger partial charge on any atom is 0.226 e. The van der Waals surface area contributed by atoms with Crippen LogP contribution in [0.5, 0.6) is 0 Å². The number of benzene rings is 1. The van der Waals surface area contributed by atoms with Gasteiger partial charge in [0.2, 0.25) is 5.91 Å². The topological polar surface area (TPSA) is 41.1 Å². The number of hydrogen-bond acceptors (Lipinski definition) is 2. The summed E-state index contributed by atoms with van der Waals surface area (Å²) in [7, 11) is 0. The van der Waals surface area contributed by atoms with Crippen LogP contribution in [0.2, 0.25) is 0 Å². The molecule has 1 atom stereocenters. The predicted octanol–water partition coefficient (Wildman–Crippen LogP) is 1.91. The molecule has 0 aliphatic carbocycles. The molecule has 2 saturated heterocycles. The van der Waals surface area contributed by atoms with Gasteiger partial charge in [-0.25, -0.2) is 0 Å². The van der Waals surface area contributed by atoms with Crippen molar-refractivity contribution >= 4 is 18.3 Å². The van der Waals surface area contributed by atoms with Gasteiger partial charge in [-0.05, 0) is 44.3 Å². The highest BCUT2D eigenvalue weighted by Crippen LogP contribution is 2.39. The van der Waals surface area contributed by atoms with Gasteiger partial charge in [-0.2, -0.15) is 0 Å². The number of rotatable bonds is 2. The van der Waals surface area contributed by atoms with Crippen LogP contribution in [0.25, 0.3) is 0 Å². The van der Waals surface area contributed by atoms with Gasteiger partial charge >= 0.3 is 0 Å². The number of carbonyl (C=O) groups is 1. The fourth-order valence-corrected chi connectivity index (χ4v) is 3.31. The van der Waals surface area contributed by atoms with E-state index in [-0.39, 0.29) is 23.7 Å². The molecule has 1 aromatic rings. The van der Waals surface area contributed by atoms with Gasteiger partial charge in [0.25, 0.3) is 0 Å². The number of carbonyl (C=O) groups excluding carboxylic acids is 1. The maximum atomic E-state index is 12.2. The normalized spacial score (nSPS) is 24.8. The Morgan fingerprint density at radius 1 is 1.16 bits per heavy atom. The fraction of sp³-hybridized carbons (Fsp3) is 0.533. The monoisotopic (exact) mass is 280 g/mol. The molecule has 19 heavy (non-hydrogen) atoms. The average Bonchev–Trinajstić information content (AvgIpc) is 2.68. The zero-order valence-corrected chi connectivity index (χ0v) is 11.8. The van der Waals surface area contributed by atoms with Crippen LogP contribution in [0.1, 0.15) is 24.8 Å². The molecule has 2 N–H and O–H groups in total. The molecule has 0 radical (unpaired) electrons. The smallest absolute Gasteiger partial charge is 0.226 e. The van der Waals surface area contributed by atoms with Crippen LogP contribution in [0.15, 0.2) is 30.3 Å². The molecular weight excluding hydrogens is 260 g/mol. The van der Waals surface area contributed by atoms with Crippen LogP contribution in [0.4, 0.5) is 0 Å². The molecule has 2 fully saturated rings. The van der Waals surface area contributed by atoms with E-state index in [9.17, 15) is 4.79 Å². The highest BCUT2D eigenvalue weighted by molar-refractivity contribution is 5.85. The molecule has 3 nitrogen and oxygen atoms in total. The summed E-state index contributed by atoms with van der Waals surface area (Å²) in [5.41, 5.74) is 1.24. The van der Waals surface area contributed by atoms with Crippen LogP contribution < -0.4 is 10.6 Å². The summed E-state index contributed by atoms with van der Waals surface area (Å²) < 4.78 is 0. The number of hydrogen-bond donors (Lipinski definition) is 2. The van der Waals surface area contributed by atoms with E-state index in [1.54, 1.807) is 0 Å². The van der Waals surface area contributed by atoms with Crippen molar-refractivity contribution in [2.45, 2.75) is 31.7 Å². The van der Waals surface area contributed by atoms with E-state index in [1.807, 2.05) is 6.07 Å². The zero-order chi connectivity index (χ0) is 12.4. The summed E-state index contributed by atoms with van der Waals surface area (Å²) in [6, 6.07) is 10.8. The van der Waals surface area contributed by atoms with Crippen molar-refractivity contribution in [3.05, 3.63) is 35.9 Å². The quantitative estimate of drug-likeness (QED) is 0.869. The Labute approximate surface area is 120 Å². The second kappa shape index (κ2) is 5.93. The number of amides is 1. The second-order valence-electron chi connectivity index (χ2n) is 5.59. The number of halogens is 1. The molecule has 3 rings (SSSR count). The SMILES string of the molecule is Cl.O=C1NC(Cc2ccccc2)CC12CCNCC2. The van der Waals surface area contributed by atoms with Gasteiger partial charge in [-0.1, -0.05) is 30.3 Å². The van der Waals surface area contributed by atoms with Gasteiger partial charge in [0.15, 0.2) is 0 Å². The molecule has 4 heteroatoms. The first-order valence-corrected chi connectivity index (χ1v) is 6.84. The molecular formula is C15H21ClN2O. The van der Waals surface area contributed by atoms with Crippen molar-refractivity contribution in [2.24, 2.45) is 5.41 Å². The molecule has 0 bridgehead atoms. The average molecular weight is 281 g/mol. The molecule has 1 amide bonds. The lowest BCUT2D eigenvalue weighted by atomic mass is 9.76. The molecule has 1 unspecified atom stereocenters. The number of piperidine rings is 1. The van der Waals surface area contributed by atoms with E-state index in [1.165, 1.54) is 5.56 Å². The second-order valence-corrected chi connectivity index (χ2v) is 5.59. The van der Waals surface area contributed by atoms with Crippen molar-refractivity contribution in [2.75, 3.05) is 13.1 Å². The first-order chi connectivity index (χ1) is 8.78. The molecule has 2 aliphatic heterocycles. The van der Waals surface area contributed by atoms with Gasteiger partial charge in [-0.3, -0.25) is 4.79 Å². The van der Waals surface area contributed by atoms with Crippen LogP contribution in [-0.4, -0.2) is 25.0 Å². The van der Waals surface area contributed by atoms with Crippen LogP contribution >= 0.6 is 12.4 Å². The summed E-state index contributed by atoms with van der Waals surface area (Å²) in [4.78, 5) is 12.2. The molecule has 2 aliphatic rings. The first-order valence-electron chi connectivity index (χ1n) is 6.84. The van der Waals surface area contributed by atoms with Crippen molar-refractivity contribution in [1.29, 1.82) is 0 Å². The van der Waals surface area contributed by atoms with E-state index < -0.39 is 0 Å². The van der Waals surface area contributed by atoms with Gasteiger partial charge in [0.05, 0.1) is 5.41 Å². The highest BCUT2D eigenvalue weighted by Gasteiger charge is 2.46. The summed E-state index contributed by atoms with van der Waals surface area (Å²) in [6.45, 7) is 1.96. The predicted molar refractivity (Wildman–Crippen MR) is 78.5 cm³/mol. The van der Waals surface area contributed by atoms with Crippen molar-refractivity contribution in [1.82, 2.24) is 10.6 Å². The molecule has 104 valence electrons. The standard InChI is InChI=1S/C15H20N2O.ClH/c18-14-15(6-8-16-9-7-15)11-13(17-14)10-12-4-2-1-3-5-12;/h1-5,13,16H,6-11H2,(H,17,18);1H. The lowest BCUT2D eigenvalue weighted by molar-refractivity contribution is -0.128. The number of nitrogens with one attached hydrogen (secondary N) is 2. The van der Waals surface area contributed by atoms with Gasteiger partial charge < -0.3 is 10.6 Å². The van der Waals surface area contributed by atoms with E-state index in [4.69, 9.17) is 0 Å². The Balaban J connectivity index is 0.00000133. The minimum Gasteiger partial charge on any atom is -0.353 e. The summed E-state index contributed by atoms with van der Waals surface area (Å²) in [6.07, 6.45) is 3.94. The lowest BCUT2D eigenvalue weighted by Crippen LogP contribution is -2.41. The summed E-state index contributed by atoms with van der Waals surface area (Å²) >= 11 is 0. The van der Waals surface area contributed by atoms with Crippen LogP contribution in [-0.2, 0) is 11.2 Å². The highest BCUT2D eigenvalue weighted by atomic mass is 35.5. The third-order valence-electron chi connectivity index (χ3n) is 4.34. The Kier molecular flexibility index (Phi) is 4.48. The van der Waals surface area contributed by atoms with E-state index in [0.717, 1.165) is 38.8 Å². The van der Waals surface area contributed by atoms with Crippen LogP contribution in [0.3, 0.4) is 0 Å². The van der Waals surface area contributed by atoms with E-state index in [2.05, 4.69) is 34.9 Å². The lowest BCUT2D eigenvalue weighted by Gasteiger charge is -2.31. The van der Waals surface area contributed by atoms with Crippen molar-refractivity contribution < 1.29 is 4.79 Å². The third-order valence-corrected chi connectivity index (χ3v) is 4.34. The van der Waals surface area contributed by atoms with E-state index in [0.29, 0.717) is 6.04 Å². The third kappa shape index (κ3) is 2.93. The van der Waals surface area contributed by atoms with Gasteiger partial charge in [-0.15, -0.1) is 12.4 Å². The molecule has 1 aromatic carbocycles. The molecule has 0 saturated carbocycles. The Hall–Kier alpha value is -1.06. The Morgan fingerprint density at radius 2 is 1.84 bits per heavy atom. The van der Waals surface area contributed by atoms with Gasteiger partial charge in [0.1, 0.15) is 0 Å². The molecule has 1 spiro atoms. The fourth-order valence-electron chi connectivity index (χ4n) is 3.31. The van der Waals surface area contributed by atoms with E-state index >= 15 is 0 Å². The largest absolute Gasteiger partial charge is 0.353 e. The molecule has 2 heterocycles. The van der Waals surface area contributed by atoms with Crippen molar-refractivity contribution in [3.63, 3.8) is 0 Å². The maximum absolute atomic E-state index is 12.2. The van der Waals surface area contributed by atoms with Crippen LogP contribution in [0, 0.1) is 5.41 Å². The summed E-state index contributed by atoms with van der Waals surface area (Å²) in [5.74, 6) is 0.282. The minimum atomic E-state index is -0.0787. The zero-order valence-electron chi connectivity index (χ0n) is 11.0. The molecule has 0 aromatic heterocycles. The van der Waals surface area contributed by atoms with Crippen molar-refractivity contribution in [3.8, 4) is 0 Å².